The number of carbonyl (C=O) groups is 6. The molecule has 1 aliphatic rings. The number of nitrogens with one attached hydrogen (secondary N) is 2. The molecule has 0 unspecified atom stereocenters. The monoisotopic (exact) mass is 340 g/mol. The fraction of sp³-hybridized carbons (Fsp3) is 0.385. The molecular formula is C13H16N4O7. The van der Waals surface area contributed by atoms with Gasteiger partial charge in [-0.15, -0.1) is 0 Å². The van der Waals surface area contributed by atoms with Gasteiger partial charge < -0.3 is 21.5 Å². The number of carbonyl (C=O) groups excluding carboxylic acids is 5. The second kappa shape index (κ2) is 7.85. The molecule has 1 aliphatic heterocycles. The normalized spacial score (nSPS) is 15.8. The number of rotatable bonds is 8. The van der Waals surface area contributed by atoms with E-state index in [1.54, 1.807) is 0 Å². The maximum atomic E-state index is 11.8. The zero-order chi connectivity index (χ0) is 18.4. The Morgan fingerprint density at radius 2 is 1.71 bits per heavy atom. The van der Waals surface area contributed by atoms with Crippen molar-refractivity contribution >= 4 is 35.5 Å². The average molecular weight is 340 g/mol. The molecule has 0 aromatic heterocycles. The molecule has 0 aromatic rings. The Balaban J connectivity index is 2.55. The Bertz CT molecular complexity index is 610. The van der Waals surface area contributed by atoms with Crippen molar-refractivity contribution in [1.29, 1.82) is 0 Å². The number of imide groups is 1. The Morgan fingerprint density at radius 1 is 1.17 bits per heavy atom. The number of nitrogens with two attached hydrogens (primary N) is 1. The van der Waals surface area contributed by atoms with Crippen LogP contribution in [0, 0.1) is 0 Å². The zero-order valence-corrected chi connectivity index (χ0v) is 12.6. The summed E-state index contributed by atoms with van der Waals surface area (Å²) in [5.74, 6) is -5.34. The summed E-state index contributed by atoms with van der Waals surface area (Å²) in [5, 5.41) is 13.1. The van der Waals surface area contributed by atoms with Crippen LogP contribution in [0.4, 0.5) is 0 Å². The van der Waals surface area contributed by atoms with Crippen LogP contribution in [-0.2, 0) is 28.8 Å². The first-order chi connectivity index (χ1) is 11.1. The minimum Gasteiger partial charge on any atom is -0.480 e. The average Bonchev–Trinajstić information content (AvgIpc) is 2.77. The fourth-order valence-electron chi connectivity index (χ4n) is 1.78. The molecule has 0 radical (unpaired) electrons. The molecule has 24 heavy (non-hydrogen) atoms. The lowest BCUT2D eigenvalue weighted by atomic mass is 10.2. The highest BCUT2D eigenvalue weighted by Gasteiger charge is 2.28. The van der Waals surface area contributed by atoms with Crippen molar-refractivity contribution in [3.8, 4) is 0 Å². The molecule has 0 spiro atoms. The molecule has 5 N–H and O–H groups in total. The Labute approximate surface area is 135 Å². The van der Waals surface area contributed by atoms with Crippen molar-refractivity contribution < 1.29 is 33.9 Å². The summed E-state index contributed by atoms with van der Waals surface area (Å²) >= 11 is 0. The molecule has 2 atom stereocenters. The highest BCUT2D eigenvalue weighted by atomic mass is 16.4. The van der Waals surface area contributed by atoms with Gasteiger partial charge in [-0.05, 0) is 6.92 Å². The number of primary amides is 1. The highest BCUT2D eigenvalue weighted by molar-refractivity contribution is 6.14. The lowest BCUT2D eigenvalue weighted by molar-refractivity contribution is -0.144. The van der Waals surface area contributed by atoms with E-state index in [-0.39, 0.29) is 0 Å². The Kier molecular flexibility index (Phi) is 6.15. The van der Waals surface area contributed by atoms with E-state index in [0.717, 1.165) is 12.2 Å². The van der Waals surface area contributed by atoms with Crippen molar-refractivity contribution in [2.45, 2.75) is 25.4 Å². The first kappa shape index (κ1) is 18.8. The lowest BCUT2D eigenvalue weighted by Gasteiger charge is -2.19. The van der Waals surface area contributed by atoms with Crippen LogP contribution in [-0.4, -0.2) is 64.1 Å². The van der Waals surface area contributed by atoms with Crippen LogP contribution in [0.25, 0.3) is 0 Å². The minimum absolute atomic E-state index is 0.577. The van der Waals surface area contributed by atoms with Gasteiger partial charge in [0.2, 0.25) is 17.7 Å². The lowest BCUT2D eigenvalue weighted by Crippen LogP contribution is -2.52. The van der Waals surface area contributed by atoms with Crippen LogP contribution in [0.1, 0.15) is 13.3 Å². The summed E-state index contributed by atoms with van der Waals surface area (Å²) in [4.78, 5) is 68.6. The van der Waals surface area contributed by atoms with Crippen molar-refractivity contribution in [1.82, 2.24) is 15.5 Å². The van der Waals surface area contributed by atoms with E-state index >= 15 is 0 Å². The van der Waals surface area contributed by atoms with E-state index in [1.807, 2.05) is 0 Å². The van der Waals surface area contributed by atoms with Crippen LogP contribution in [0.5, 0.6) is 0 Å². The molecule has 0 saturated carbocycles. The summed E-state index contributed by atoms with van der Waals surface area (Å²) < 4.78 is 0. The van der Waals surface area contributed by atoms with Gasteiger partial charge in [0.05, 0.1) is 6.42 Å². The minimum atomic E-state index is -1.53. The summed E-state index contributed by atoms with van der Waals surface area (Å²) in [5.41, 5.74) is 4.88. The van der Waals surface area contributed by atoms with Gasteiger partial charge in [-0.1, -0.05) is 0 Å². The van der Waals surface area contributed by atoms with E-state index < -0.39 is 60.6 Å². The smallest absolute Gasteiger partial charge is 0.326 e. The maximum Gasteiger partial charge on any atom is 0.326 e. The van der Waals surface area contributed by atoms with Crippen molar-refractivity contribution in [3.05, 3.63) is 12.2 Å². The molecule has 5 amide bonds. The van der Waals surface area contributed by atoms with Crippen LogP contribution in [0.15, 0.2) is 12.2 Å². The van der Waals surface area contributed by atoms with Crippen LogP contribution >= 0.6 is 0 Å². The molecule has 1 rings (SSSR count). The van der Waals surface area contributed by atoms with Gasteiger partial charge in [0.25, 0.3) is 11.8 Å². The van der Waals surface area contributed by atoms with E-state index in [1.165, 1.54) is 6.92 Å². The van der Waals surface area contributed by atoms with Crippen LogP contribution in [0.3, 0.4) is 0 Å². The molecule has 11 nitrogen and oxygen atoms in total. The van der Waals surface area contributed by atoms with Crippen LogP contribution < -0.4 is 16.4 Å². The van der Waals surface area contributed by atoms with Crippen molar-refractivity contribution in [2.24, 2.45) is 5.73 Å². The summed E-state index contributed by atoms with van der Waals surface area (Å²) in [6.45, 7) is 0.689. The summed E-state index contributed by atoms with van der Waals surface area (Å²) in [7, 11) is 0. The molecule has 11 heteroatoms. The maximum absolute atomic E-state index is 11.8. The second-order valence-corrected chi connectivity index (χ2v) is 4.96. The molecule has 0 aliphatic carbocycles. The van der Waals surface area contributed by atoms with Gasteiger partial charge in [0.1, 0.15) is 18.6 Å². The van der Waals surface area contributed by atoms with E-state index in [9.17, 15) is 28.8 Å². The first-order valence-corrected chi connectivity index (χ1v) is 6.76. The number of aliphatic carboxylic acids is 1. The largest absolute Gasteiger partial charge is 0.480 e. The quantitative estimate of drug-likeness (QED) is 0.337. The van der Waals surface area contributed by atoms with Gasteiger partial charge >= 0.3 is 5.97 Å². The Morgan fingerprint density at radius 3 is 2.17 bits per heavy atom. The molecule has 130 valence electrons. The number of amides is 5. The molecule has 0 fully saturated rings. The van der Waals surface area contributed by atoms with Gasteiger partial charge in [-0.2, -0.15) is 0 Å². The number of carboxylic acid groups (broad SMARTS) is 1. The third kappa shape index (κ3) is 5.19. The van der Waals surface area contributed by atoms with Gasteiger partial charge in [-0.25, -0.2) is 4.79 Å². The first-order valence-electron chi connectivity index (χ1n) is 6.76. The molecule has 0 saturated heterocycles. The van der Waals surface area contributed by atoms with Crippen molar-refractivity contribution in [3.63, 3.8) is 0 Å². The second-order valence-electron chi connectivity index (χ2n) is 4.96. The summed E-state index contributed by atoms with van der Waals surface area (Å²) in [6.07, 6.45) is 1.41. The topological polar surface area (TPSA) is 176 Å². The molecule has 1 heterocycles. The van der Waals surface area contributed by atoms with Crippen LogP contribution in [0.2, 0.25) is 0 Å². The third-order valence-corrected chi connectivity index (χ3v) is 2.99. The van der Waals surface area contributed by atoms with Crippen molar-refractivity contribution in [2.75, 3.05) is 6.54 Å². The van der Waals surface area contributed by atoms with Gasteiger partial charge in [0.15, 0.2) is 0 Å². The number of carboxylic acids is 1. The predicted octanol–water partition coefficient (Wildman–Crippen LogP) is -3.14. The predicted molar refractivity (Wildman–Crippen MR) is 76.8 cm³/mol. The van der Waals surface area contributed by atoms with E-state index in [0.29, 0.717) is 4.90 Å². The van der Waals surface area contributed by atoms with E-state index in [4.69, 9.17) is 10.8 Å². The van der Waals surface area contributed by atoms with Gasteiger partial charge in [-0.3, -0.25) is 28.9 Å². The SMILES string of the molecule is C[C@H](NC(=O)CN1C(=O)C=CC1=O)C(=O)N[C@@H](CC(N)=O)C(=O)O. The molecule has 0 aromatic carbocycles. The number of nitrogens with zero attached hydrogens (tertiary/aromatic N) is 1. The molecular weight excluding hydrogens is 324 g/mol. The number of hydrogen-bond donors (Lipinski definition) is 4. The standard InChI is InChI=1S/C13H16N4O7/c1-6(12(22)16-7(13(23)24)4-8(14)18)15-9(19)5-17-10(20)2-3-11(17)21/h2-3,6-7H,4-5H2,1H3,(H2,14,18)(H,15,19)(H,16,22)(H,23,24)/t6-,7-/m0/s1. The fourth-order valence-corrected chi connectivity index (χ4v) is 1.78. The molecule has 0 bridgehead atoms. The zero-order valence-electron chi connectivity index (χ0n) is 12.6. The number of hydrogen-bond acceptors (Lipinski definition) is 6. The van der Waals surface area contributed by atoms with E-state index in [2.05, 4.69) is 10.6 Å². The van der Waals surface area contributed by atoms with Gasteiger partial charge in [0, 0.05) is 12.2 Å². The summed E-state index contributed by atoms with van der Waals surface area (Å²) in [6, 6.07) is -2.69. The Hall–Kier alpha value is -3.24. The third-order valence-electron chi connectivity index (χ3n) is 2.99. The highest BCUT2D eigenvalue weighted by Crippen LogP contribution is 2.02.